The highest BCUT2D eigenvalue weighted by atomic mass is 35.5. The molecule has 0 heterocycles. The molecule has 1 rings (SSSR count). The van der Waals surface area contributed by atoms with E-state index in [4.69, 9.17) is 10.8 Å². The Hall–Kier alpha value is -0.540. The van der Waals surface area contributed by atoms with Gasteiger partial charge in [-0.1, -0.05) is 6.08 Å². The number of hydrogen-bond donors (Lipinski definition) is 2. The molecule has 1 atom stereocenters. The van der Waals surface area contributed by atoms with Crippen molar-refractivity contribution in [3.63, 3.8) is 0 Å². The van der Waals surface area contributed by atoms with Crippen molar-refractivity contribution in [2.75, 3.05) is 0 Å². The molecular weight excluding hydrogens is 154 g/mol. The fourth-order valence-electron chi connectivity index (χ4n) is 0.917. The summed E-state index contributed by atoms with van der Waals surface area (Å²) >= 11 is 0. The van der Waals surface area contributed by atoms with E-state index in [-0.39, 0.29) is 18.4 Å². The van der Waals surface area contributed by atoms with E-state index in [9.17, 15) is 4.79 Å². The lowest BCUT2D eigenvalue weighted by Gasteiger charge is -1.97. The second-order valence-electron chi connectivity index (χ2n) is 2.23. The number of rotatable bonds is 1. The molecule has 10 heavy (non-hydrogen) atoms. The summed E-state index contributed by atoms with van der Waals surface area (Å²) in [4.78, 5) is 10.2. The molecule has 0 aromatic heterocycles. The molecule has 0 unspecified atom stereocenters. The van der Waals surface area contributed by atoms with Crippen molar-refractivity contribution in [1.82, 2.24) is 0 Å². The summed E-state index contributed by atoms with van der Waals surface area (Å²) in [6.07, 6.45) is 2.92. The first-order chi connectivity index (χ1) is 4.20. The molecule has 4 heteroatoms. The maximum Gasteiger partial charge on any atom is 0.331 e. The third-order valence-electron chi connectivity index (χ3n) is 1.42. The lowest BCUT2D eigenvalue weighted by Crippen LogP contribution is -2.16. The molecule has 3 N–H and O–H groups in total. The van der Waals surface area contributed by atoms with Crippen LogP contribution in [-0.4, -0.2) is 17.1 Å². The van der Waals surface area contributed by atoms with Crippen LogP contribution in [0.4, 0.5) is 0 Å². The zero-order valence-electron chi connectivity index (χ0n) is 5.41. The van der Waals surface area contributed by atoms with Crippen LogP contribution in [0, 0.1) is 0 Å². The fourth-order valence-corrected chi connectivity index (χ4v) is 0.917. The topological polar surface area (TPSA) is 63.3 Å². The maximum absolute atomic E-state index is 10.2. The number of hydrogen-bond acceptors (Lipinski definition) is 2. The van der Waals surface area contributed by atoms with Gasteiger partial charge in [0.2, 0.25) is 0 Å². The molecule has 0 aromatic rings. The number of carbonyl (C=O) groups is 1. The Kier molecular flexibility index (Phi) is 3.39. The highest BCUT2D eigenvalue weighted by Gasteiger charge is 2.17. The van der Waals surface area contributed by atoms with Gasteiger partial charge in [-0.25, -0.2) is 4.79 Å². The van der Waals surface area contributed by atoms with Gasteiger partial charge < -0.3 is 10.8 Å². The van der Waals surface area contributed by atoms with E-state index in [0.29, 0.717) is 18.4 Å². The molecular formula is C6H10ClNO2. The molecule has 0 aromatic carbocycles. The van der Waals surface area contributed by atoms with E-state index >= 15 is 0 Å². The summed E-state index contributed by atoms with van der Waals surface area (Å²) in [5.74, 6) is -0.831. The summed E-state index contributed by atoms with van der Waals surface area (Å²) in [5, 5.41) is 8.41. The van der Waals surface area contributed by atoms with Crippen molar-refractivity contribution in [2.24, 2.45) is 5.73 Å². The lowest BCUT2D eigenvalue weighted by molar-refractivity contribution is -0.132. The van der Waals surface area contributed by atoms with Gasteiger partial charge in [0.05, 0.1) is 0 Å². The minimum absolute atomic E-state index is 0. The summed E-state index contributed by atoms with van der Waals surface area (Å²) in [6.45, 7) is 0. The molecule has 1 aliphatic rings. The Morgan fingerprint density at radius 2 is 2.40 bits per heavy atom. The van der Waals surface area contributed by atoms with Crippen molar-refractivity contribution >= 4 is 18.4 Å². The molecule has 0 spiro atoms. The standard InChI is InChI=1S/C6H9NO2.ClH/c7-5-2-1-4(3-5)6(8)9;/h1,5H,2-3,7H2,(H,8,9);1H/t5-;/m1./s1. The van der Waals surface area contributed by atoms with E-state index in [1.165, 1.54) is 0 Å². The zero-order valence-corrected chi connectivity index (χ0v) is 6.23. The largest absolute Gasteiger partial charge is 0.478 e. The van der Waals surface area contributed by atoms with Crippen LogP contribution < -0.4 is 5.73 Å². The molecule has 3 nitrogen and oxygen atoms in total. The summed E-state index contributed by atoms with van der Waals surface area (Å²) in [5.41, 5.74) is 5.91. The predicted octanol–water partition coefficient (Wildman–Crippen LogP) is 0.540. The molecule has 0 radical (unpaired) electrons. The van der Waals surface area contributed by atoms with E-state index < -0.39 is 5.97 Å². The molecule has 0 fully saturated rings. The quantitative estimate of drug-likeness (QED) is 0.593. The van der Waals surface area contributed by atoms with Gasteiger partial charge in [0.1, 0.15) is 0 Å². The Balaban J connectivity index is 0.000000810. The average molecular weight is 164 g/mol. The molecule has 0 bridgehead atoms. The van der Waals surface area contributed by atoms with Crippen molar-refractivity contribution in [3.8, 4) is 0 Å². The van der Waals surface area contributed by atoms with E-state index in [0.717, 1.165) is 0 Å². The number of halogens is 1. The van der Waals surface area contributed by atoms with Gasteiger partial charge in [-0.2, -0.15) is 0 Å². The minimum atomic E-state index is -0.831. The van der Waals surface area contributed by atoms with Crippen molar-refractivity contribution < 1.29 is 9.90 Å². The van der Waals surface area contributed by atoms with Gasteiger partial charge in [-0.15, -0.1) is 12.4 Å². The highest BCUT2D eigenvalue weighted by Crippen LogP contribution is 2.16. The Bertz CT molecular complexity index is 167. The lowest BCUT2D eigenvalue weighted by atomic mass is 10.2. The zero-order chi connectivity index (χ0) is 6.85. The van der Waals surface area contributed by atoms with Crippen LogP contribution in [0.1, 0.15) is 12.8 Å². The molecule has 1 aliphatic carbocycles. The monoisotopic (exact) mass is 163 g/mol. The summed E-state index contributed by atoms with van der Waals surface area (Å²) in [7, 11) is 0. The third-order valence-corrected chi connectivity index (χ3v) is 1.42. The first kappa shape index (κ1) is 9.46. The Morgan fingerprint density at radius 3 is 2.60 bits per heavy atom. The summed E-state index contributed by atoms with van der Waals surface area (Å²) in [6, 6.07) is 0.0381. The maximum atomic E-state index is 10.2. The number of aliphatic carboxylic acids is 1. The predicted molar refractivity (Wildman–Crippen MR) is 40.2 cm³/mol. The smallest absolute Gasteiger partial charge is 0.331 e. The number of carboxylic acids is 1. The third kappa shape index (κ3) is 2.01. The van der Waals surface area contributed by atoms with Crippen LogP contribution in [0.2, 0.25) is 0 Å². The van der Waals surface area contributed by atoms with Crippen molar-refractivity contribution in [1.29, 1.82) is 0 Å². The normalized spacial score (nSPS) is 23.3. The Morgan fingerprint density at radius 1 is 1.80 bits per heavy atom. The van der Waals surface area contributed by atoms with Crippen LogP contribution in [0.3, 0.4) is 0 Å². The van der Waals surface area contributed by atoms with Crippen molar-refractivity contribution in [3.05, 3.63) is 11.6 Å². The molecule has 58 valence electrons. The first-order valence-electron chi connectivity index (χ1n) is 2.88. The van der Waals surface area contributed by atoms with Gasteiger partial charge in [0.25, 0.3) is 0 Å². The second-order valence-corrected chi connectivity index (χ2v) is 2.23. The van der Waals surface area contributed by atoms with Crippen molar-refractivity contribution in [2.45, 2.75) is 18.9 Å². The van der Waals surface area contributed by atoms with Crippen LogP contribution in [-0.2, 0) is 4.79 Å². The molecule has 0 saturated carbocycles. The van der Waals surface area contributed by atoms with Gasteiger partial charge >= 0.3 is 5.97 Å². The molecule has 0 amide bonds. The fraction of sp³-hybridized carbons (Fsp3) is 0.500. The first-order valence-corrected chi connectivity index (χ1v) is 2.88. The second kappa shape index (κ2) is 3.58. The van der Waals surface area contributed by atoms with Gasteiger partial charge in [-0.05, 0) is 12.8 Å². The van der Waals surface area contributed by atoms with Crippen LogP contribution in [0.25, 0.3) is 0 Å². The molecule has 0 saturated heterocycles. The summed E-state index contributed by atoms with van der Waals surface area (Å²) < 4.78 is 0. The van der Waals surface area contributed by atoms with Gasteiger partial charge in [-0.3, -0.25) is 0 Å². The van der Waals surface area contributed by atoms with Crippen LogP contribution >= 0.6 is 12.4 Å². The Labute approximate surface area is 65.3 Å². The SMILES string of the molecule is Cl.N[C@@H]1CC=C(C(=O)O)C1. The average Bonchev–Trinajstić information content (AvgIpc) is 2.14. The van der Waals surface area contributed by atoms with Crippen LogP contribution in [0.15, 0.2) is 11.6 Å². The minimum Gasteiger partial charge on any atom is -0.478 e. The number of nitrogens with two attached hydrogens (primary N) is 1. The van der Waals surface area contributed by atoms with Gasteiger partial charge in [0.15, 0.2) is 0 Å². The van der Waals surface area contributed by atoms with E-state index in [1.807, 2.05) is 0 Å². The van der Waals surface area contributed by atoms with Gasteiger partial charge in [0, 0.05) is 11.6 Å². The van der Waals surface area contributed by atoms with Crippen LogP contribution in [0.5, 0.6) is 0 Å². The van der Waals surface area contributed by atoms with E-state index in [1.54, 1.807) is 6.08 Å². The number of carboxylic acid groups (broad SMARTS) is 1. The highest BCUT2D eigenvalue weighted by molar-refractivity contribution is 5.87. The van der Waals surface area contributed by atoms with E-state index in [2.05, 4.69) is 0 Å². The molecule has 0 aliphatic heterocycles.